The first-order valence-electron chi connectivity index (χ1n) is 10.7. The second-order valence-corrected chi connectivity index (χ2v) is 9.81. The molecule has 0 bridgehead atoms. The third kappa shape index (κ3) is 5.54. The molecule has 1 aromatic heterocycles. The summed E-state index contributed by atoms with van der Waals surface area (Å²) in [7, 11) is 0. The second kappa shape index (κ2) is 10.6. The van der Waals surface area contributed by atoms with Gasteiger partial charge in [0.1, 0.15) is 5.75 Å². The van der Waals surface area contributed by atoms with E-state index >= 15 is 0 Å². The predicted octanol–water partition coefficient (Wildman–Crippen LogP) is 6.61. The lowest BCUT2D eigenvalue weighted by atomic mass is 10.2. The number of anilines is 2. The quantitative estimate of drug-likeness (QED) is 0.362. The van der Waals surface area contributed by atoms with Gasteiger partial charge in [-0.1, -0.05) is 24.2 Å². The van der Waals surface area contributed by atoms with Crippen LogP contribution >= 0.6 is 38.9 Å². The van der Waals surface area contributed by atoms with E-state index in [0.717, 1.165) is 42.0 Å². The number of amides is 1. The predicted molar refractivity (Wildman–Crippen MR) is 142 cm³/mol. The molecule has 1 aliphatic rings. The standard InChI is InChI=1S/C25H25BrClN3O2S/c1-3-32-23-9-6-18(15-20(23)26)25(31)28-19-7-8-22(21(27)16-19)30-12-10-29(11-13-30)17(2)24-5-4-14-33-24/h4-9,14-16H,2-3,10-13H2,1H3,(H,28,31). The van der Waals surface area contributed by atoms with Crippen molar-refractivity contribution in [3.8, 4) is 5.75 Å². The molecule has 0 saturated carbocycles. The van der Waals surface area contributed by atoms with Gasteiger partial charge in [0, 0.05) is 48.0 Å². The van der Waals surface area contributed by atoms with Crippen molar-refractivity contribution in [3.05, 3.63) is 80.4 Å². The SMILES string of the molecule is C=C(c1cccs1)N1CCN(c2ccc(NC(=O)c3ccc(OCC)c(Br)c3)cc2Cl)CC1. The Labute approximate surface area is 211 Å². The van der Waals surface area contributed by atoms with Crippen molar-refractivity contribution in [2.45, 2.75) is 6.92 Å². The zero-order valence-electron chi connectivity index (χ0n) is 18.3. The first-order valence-corrected chi connectivity index (χ1v) is 12.8. The Hall–Kier alpha value is -2.48. The molecule has 4 rings (SSSR count). The summed E-state index contributed by atoms with van der Waals surface area (Å²) in [6.45, 7) is 10.2. The topological polar surface area (TPSA) is 44.8 Å². The number of nitrogens with zero attached hydrogens (tertiary/aromatic N) is 2. The van der Waals surface area contributed by atoms with Crippen molar-refractivity contribution in [1.82, 2.24) is 4.90 Å². The van der Waals surface area contributed by atoms with Gasteiger partial charge in [0.2, 0.25) is 0 Å². The highest BCUT2D eigenvalue weighted by Gasteiger charge is 2.21. The molecule has 1 fully saturated rings. The largest absolute Gasteiger partial charge is 0.493 e. The molecule has 2 heterocycles. The van der Waals surface area contributed by atoms with Gasteiger partial charge in [-0.2, -0.15) is 0 Å². The number of carbonyl (C=O) groups is 1. The smallest absolute Gasteiger partial charge is 0.255 e. The van der Waals surface area contributed by atoms with Crippen LogP contribution in [0.1, 0.15) is 22.2 Å². The summed E-state index contributed by atoms with van der Waals surface area (Å²) in [6.07, 6.45) is 0. The van der Waals surface area contributed by atoms with Crippen LogP contribution in [0, 0.1) is 0 Å². The molecule has 0 aliphatic carbocycles. The van der Waals surface area contributed by atoms with Crippen LogP contribution in [0.3, 0.4) is 0 Å². The highest BCUT2D eigenvalue weighted by atomic mass is 79.9. The molecule has 3 aromatic rings. The van der Waals surface area contributed by atoms with E-state index in [2.05, 4.69) is 55.1 Å². The maximum atomic E-state index is 12.7. The summed E-state index contributed by atoms with van der Waals surface area (Å²) in [5, 5.41) is 5.62. The van der Waals surface area contributed by atoms with Crippen LogP contribution in [0.4, 0.5) is 11.4 Å². The molecule has 1 N–H and O–H groups in total. The first-order chi connectivity index (χ1) is 16.0. The van der Waals surface area contributed by atoms with Crippen LogP contribution in [-0.2, 0) is 0 Å². The lowest BCUT2D eigenvalue weighted by Gasteiger charge is -2.38. The third-order valence-electron chi connectivity index (χ3n) is 5.51. The van der Waals surface area contributed by atoms with E-state index in [-0.39, 0.29) is 5.91 Å². The fraction of sp³-hybridized carbons (Fsp3) is 0.240. The molecule has 5 nitrogen and oxygen atoms in total. The number of hydrogen-bond acceptors (Lipinski definition) is 5. The summed E-state index contributed by atoms with van der Waals surface area (Å²) in [4.78, 5) is 18.5. The number of piperazine rings is 1. The number of carbonyl (C=O) groups excluding carboxylic acids is 1. The van der Waals surface area contributed by atoms with Crippen LogP contribution in [0.25, 0.3) is 5.70 Å². The summed E-state index contributed by atoms with van der Waals surface area (Å²) in [6, 6.07) is 15.1. The Morgan fingerprint density at radius 3 is 2.61 bits per heavy atom. The minimum absolute atomic E-state index is 0.205. The average Bonchev–Trinajstić information content (AvgIpc) is 3.35. The molecular weight excluding hydrogens is 522 g/mol. The third-order valence-corrected chi connectivity index (χ3v) is 7.35. The Balaban J connectivity index is 1.38. The van der Waals surface area contributed by atoms with Crippen LogP contribution < -0.4 is 15.0 Å². The second-order valence-electron chi connectivity index (χ2n) is 7.60. The summed E-state index contributed by atoms with van der Waals surface area (Å²) >= 11 is 11.8. The zero-order valence-corrected chi connectivity index (χ0v) is 21.5. The van der Waals surface area contributed by atoms with Gasteiger partial charge in [-0.05, 0) is 70.7 Å². The number of ether oxygens (including phenoxy) is 1. The first kappa shape index (κ1) is 23.7. The van der Waals surface area contributed by atoms with Gasteiger partial charge in [-0.3, -0.25) is 4.79 Å². The molecule has 0 radical (unpaired) electrons. The molecule has 8 heteroatoms. The van der Waals surface area contributed by atoms with Gasteiger partial charge < -0.3 is 19.9 Å². The van der Waals surface area contributed by atoms with Crippen LogP contribution in [0.2, 0.25) is 5.02 Å². The Kier molecular flexibility index (Phi) is 7.63. The normalized spacial score (nSPS) is 13.7. The highest BCUT2D eigenvalue weighted by molar-refractivity contribution is 9.10. The van der Waals surface area contributed by atoms with Crippen molar-refractivity contribution >= 4 is 61.8 Å². The van der Waals surface area contributed by atoms with E-state index in [1.165, 1.54) is 4.88 Å². The fourth-order valence-electron chi connectivity index (χ4n) is 3.77. The van der Waals surface area contributed by atoms with Crippen LogP contribution in [-0.4, -0.2) is 43.6 Å². The molecule has 0 spiro atoms. The minimum Gasteiger partial charge on any atom is -0.493 e. The molecular formula is C25H25BrClN3O2S. The van der Waals surface area contributed by atoms with Crippen molar-refractivity contribution < 1.29 is 9.53 Å². The molecule has 33 heavy (non-hydrogen) atoms. The molecule has 2 aromatic carbocycles. The lowest BCUT2D eigenvalue weighted by molar-refractivity contribution is 0.102. The fourth-order valence-corrected chi connectivity index (χ4v) is 5.29. The van der Waals surface area contributed by atoms with Crippen molar-refractivity contribution in [2.24, 2.45) is 0 Å². The summed E-state index contributed by atoms with van der Waals surface area (Å²) < 4.78 is 6.25. The highest BCUT2D eigenvalue weighted by Crippen LogP contribution is 2.32. The number of rotatable bonds is 7. The lowest BCUT2D eigenvalue weighted by Crippen LogP contribution is -2.45. The van der Waals surface area contributed by atoms with Crippen molar-refractivity contribution in [2.75, 3.05) is 43.0 Å². The monoisotopic (exact) mass is 545 g/mol. The Bertz CT molecular complexity index is 1140. The zero-order chi connectivity index (χ0) is 23.4. The van der Waals surface area contributed by atoms with E-state index in [1.54, 1.807) is 35.6 Å². The maximum absolute atomic E-state index is 12.7. The summed E-state index contributed by atoms with van der Waals surface area (Å²) in [5.74, 6) is 0.503. The van der Waals surface area contributed by atoms with Crippen molar-refractivity contribution in [3.63, 3.8) is 0 Å². The number of nitrogens with one attached hydrogen (secondary N) is 1. The number of benzene rings is 2. The Morgan fingerprint density at radius 2 is 1.97 bits per heavy atom. The molecule has 0 unspecified atom stereocenters. The minimum atomic E-state index is -0.205. The molecule has 0 atom stereocenters. The van der Waals surface area contributed by atoms with Gasteiger partial charge in [0.25, 0.3) is 5.91 Å². The molecule has 1 saturated heterocycles. The molecule has 172 valence electrons. The van der Waals surface area contributed by atoms with E-state index in [4.69, 9.17) is 16.3 Å². The van der Waals surface area contributed by atoms with E-state index in [0.29, 0.717) is 28.6 Å². The van der Waals surface area contributed by atoms with Gasteiger partial charge in [0.05, 0.1) is 21.8 Å². The molecule has 1 amide bonds. The van der Waals surface area contributed by atoms with Gasteiger partial charge in [0.15, 0.2) is 0 Å². The number of hydrogen-bond donors (Lipinski definition) is 1. The Morgan fingerprint density at radius 1 is 1.18 bits per heavy atom. The number of halogens is 2. The maximum Gasteiger partial charge on any atom is 0.255 e. The average molecular weight is 547 g/mol. The molecule has 1 aliphatic heterocycles. The van der Waals surface area contributed by atoms with Gasteiger partial charge in [-0.25, -0.2) is 0 Å². The van der Waals surface area contributed by atoms with Crippen LogP contribution in [0.5, 0.6) is 5.75 Å². The van der Waals surface area contributed by atoms with Crippen LogP contribution in [0.15, 0.2) is 65.0 Å². The van der Waals surface area contributed by atoms with Crippen molar-refractivity contribution in [1.29, 1.82) is 0 Å². The van der Waals surface area contributed by atoms with E-state index < -0.39 is 0 Å². The number of thiophene rings is 1. The van der Waals surface area contributed by atoms with E-state index in [1.807, 2.05) is 19.1 Å². The summed E-state index contributed by atoms with van der Waals surface area (Å²) in [5.41, 5.74) is 3.24. The van der Waals surface area contributed by atoms with Gasteiger partial charge >= 0.3 is 0 Å². The van der Waals surface area contributed by atoms with E-state index in [9.17, 15) is 4.79 Å². The van der Waals surface area contributed by atoms with Gasteiger partial charge in [-0.15, -0.1) is 11.3 Å².